The van der Waals surface area contributed by atoms with Crippen molar-refractivity contribution in [3.8, 4) is 5.75 Å². The maximum Gasteiger partial charge on any atom is 0.273 e. The minimum atomic E-state index is -0.679. The number of hydrogen-bond donors (Lipinski definition) is 2. The first kappa shape index (κ1) is 18.5. The van der Waals surface area contributed by atoms with Crippen molar-refractivity contribution in [2.45, 2.75) is 13.0 Å². The molecule has 2 N–H and O–H groups in total. The molecular formula is C16H15ClFN3O4. The van der Waals surface area contributed by atoms with Gasteiger partial charge >= 0.3 is 0 Å². The van der Waals surface area contributed by atoms with Crippen molar-refractivity contribution in [1.82, 2.24) is 0 Å². The maximum atomic E-state index is 13.2. The molecule has 0 aliphatic heterocycles. The number of nitro benzene ring substituents is 1. The quantitative estimate of drug-likeness (QED) is 0.597. The number of rotatable bonds is 6. The van der Waals surface area contributed by atoms with Crippen molar-refractivity contribution in [3.63, 3.8) is 0 Å². The third kappa shape index (κ3) is 4.57. The van der Waals surface area contributed by atoms with Crippen molar-refractivity contribution in [3.05, 3.63) is 57.4 Å². The second-order valence-electron chi connectivity index (χ2n) is 5.13. The van der Waals surface area contributed by atoms with Gasteiger partial charge in [0.15, 0.2) is 0 Å². The van der Waals surface area contributed by atoms with Gasteiger partial charge in [-0.1, -0.05) is 11.6 Å². The van der Waals surface area contributed by atoms with E-state index in [-0.39, 0.29) is 16.5 Å². The molecule has 1 atom stereocenters. The third-order valence-electron chi connectivity index (χ3n) is 3.35. The summed E-state index contributed by atoms with van der Waals surface area (Å²) in [6.07, 6.45) is 0. The Bertz CT molecular complexity index is 816. The first-order valence-electron chi connectivity index (χ1n) is 7.16. The largest absolute Gasteiger partial charge is 0.494 e. The van der Waals surface area contributed by atoms with Gasteiger partial charge in [0.05, 0.1) is 28.8 Å². The van der Waals surface area contributed by atoms with Gasteiger partial charge in [-0.2, -0.15) is 0 Å². The zero-order valence-corrected chi connectivity index (χ0v) is 14.1. The van der Waals surface area contributed by atoms with Crippen LogP contribution in [-0.2, 0) is 4.79 Å². The molecule has 2 aromatic rings. The van der Waals surface area contributed by atoms with E-state index >= 15 is 0 Å². The molecule has 0 aliphatic carbocycles. The number of benzene rings is 2. The normalized spacial score (nSPS) is 11.5. The molecule has 0 radical (unpaired) electrons. The van der Waals surface area contributed by atoms with Crippen LogP contribution in [0.5, 0.6) is 5.75 Å². The van der Waals surface area contributed by atoms with Gasteiger partial charge in [0.25, 0.3) is 5.69 Å². The predicted molar refractivity (Wildman–Crippen MR) is 92.8 cm³/mol. The average Bonchev–Trinajstić information content (AvgIpc) is 2.58. The Morgan fingerprint density at radius 1 is 1.32 bits per heavy atom. The average molecular weight is 368 g/mol. The van der Waals surface area contributed by atoms with Crippen molar-refractivity contribution in [2.75, 3.05) is 17.7 Å². The molecule has 9 heteroatoms. The van der Waals surface area contributed by atoms with Crippen LogP contribution in [0.25, 0.3) is 0 Å². The Morgan fingerprint density at radius 3 is 2.64 bits per heavy atom. The highest BCUT2D eigenvalue weighted by Crippen LogP contribution is 2.29. The molecule has 7 nitrogen and oxygen atoms in total. The fourth-order valence-electron chi connectivity index (χ4n) is 2.04. The Morgan fingerprint density at radius 2 is 2.04 bits per heavy atom. The topological polar surface area (TPSA) is 93.5 Å². The molecule has 0 aliphatic rings. The molecule has 2 rings (SSSR count). The van der Waals surface area contributed by atoms with Crippen LogP contribution in [0.3, 0.4) is 0 Å². The SMILES string of the molecule is COc1cc([N+](=O)[O-])ccc1NC(=O)[C@@H](C)Nc1ccc(F)c(Cl)c1. The second kappa shape index (κ2) is 7.80. The fraction of sp³-hybridized carbons (Fsp3) is 0.188. The number of anilines is 2. The van der Waals surface area contributed by atoms with Gasteiger partial charge in [-0.25, -0.2) is 4.39 Å². The summed E-state index contributed by atoms with van der Waals surface area (Å²) in [6.45, 7) is 1.60. The van der Waals surface area contributed by atoms with E-state index in [1.54, 1.807) is 6.92 Å². The number of halogens is 2. The zero-order chi connectivity index (χ0) is 18.6. The van der Waals surface area contributed by atoms with E-state index in [0.717, 1.165) is 0 Å². The number of carbonyl (C=O) groups is 1. The Balaban J connectivity index is 2.10. The van der Waals surface area contributed by atoms with E-state index in [1.165, 1.54) is 43.5 Å². The first-order valence-corrected chi connectivity index (χ1v) is 7.54. The summed E-state index contributed by atoms with van der Waals surface area (Å²) in [5.41, 5.74) is 0.621. The highest BCUT2D eigenvalue weighted by atomic mass is 35.5. The van der Waals surface area contributed by atoms with Crippen LogP contribution in [-0.4, -0.2) is 24.0 Å². The Hall–Kier alpha value is -2.87. The van der Waals surface area contributed by atoms with E-state index in [2.05, 4.69) is 10.6 Å². The molecule has 132 valence electrons. The smallest absolute Gasteiger partial charge is 0.273 e. The lowest BCUT2D eigenvalue weighted by Gasteiger charge is -2.17. The number of hydrogen-bond acceptors (Lipinski definition) is 5. The minimum absolute atomic E-state index is 0.0605. The Kier molecular flexibility index (Phi) is 5.76. The number of methoxy groups -OCH3 is 1. The molecule has 25 heavy (non-hydrogen) atoms. The molecule has 0 saturated carbocycles. The summed E-state index contributed by atoms with van der Waals surface area (Å²) < 4.78 is 18.2. The number of nitrogens with zero attached hydrogens (tertiary/aromatic N) is 1. The first-order chi connectivity index (χ1) is 11.8. The Labute approximate surface area is 147 Å². The van der Waals surface area contributed by atoms with Crippen molar-refractivity contribution >= 4 is 34.6 Å². The van der Waals surface area contributed by atoms with Crippen LogP contribution >= 0.6 is 11.6 Å². The van der Waals surface area contributed by atoms with E-state index < -0.39 is 22.7 Å². The van der Waals surface area contributed by atoms with E-state index in [9.17, 15) is 19.3 Å². The molecule has 0 spiro atoms. The molecular weight excluding hydrogens is 353 g/mol. The molecule has 0 saturated heterocycles. The molecule has 0 aromatic heterocycles. The summed E-state index contributed by atoms with van der Waals surface area (Å²) in [5, 5.41) is 16.2. The standard InChI is InChI=1S/C16H15ClFN3O4/c1-9(19-10-3-5-13(18)12(17)7-10)16(22)20-14-6-4-11(21(23)24)8-15(14)25-2/h3-9,19H,1-2H3,(H,20,22)/t9-/m1/s1. The summed E-state index contributed by atoms with van der Waals surface area (Å²) in [4.78, 5) is 22.5. The van der Waals surface area contributed by atoms with Crippen LogP contribution in [0, 0.1) is 15.9 Å². The fourth-order valence-corrected chi connectivity index (χ4v) is 2.22. The van der Waals surface area contributed by atoms with Crippen LogP contribution in [0.1, 0.15) is 6.92 Å². The van der Waals surface area contributed by atoms with E-state index in [1.807, 2.05) is 0 Å². The van der Waals surface area contributed by atoms with E-state index in [0.29, 0.717) is 11.4 Å². The number of non-ortho nitro benzene ring substituents is 1. The molecule has 1 amide bonds. The lowest BCUT2D eigenvalue weighted by Crippen LogP contribution is -2.32. The maximum absolute atomic E-state index is 13.2. The van der Waals surface area contributed by atoms with Gasteiger partial charge in [0, 0.05) is 11.8 Å². The predicted octanol–water partition coefficient (Wildman–Crippen LogP) is 3.84. The van der Waals surface area contributed by atoms with Gasteiger partial charge in [0.2, 0.25) is 5.91 Å². The molecule has 0 unspecified atom stereocenters. The molecule has 0 heterocycles. The highest BCUT2D eigenvalue weighted by Gasteiger charge is 2.17. The summed E-state index contributed by atoms with van der Waals surface area (Å²) in [6, 6.07) is 7.19. The van der Waals surface area contributed by atoms with E-state index in [4.69, 9.17) is 16.3 Å². The number of amides is 1. The van der Waals surface area contributed by atoms with Crippen LogP contribution in [0.15, 0.2) is 36.4 Å². The third-order valence-corrected chi connectivity index (χ3v) is 3.64. The number of carbonyl (C=O) groups excluding carboxylic acids is 1. The van der Waals surface area contributed by atoms with Gasteiger partial charge in [0.1, 0.15) is 17.6 Å². The zero-order valence-electron chi connectivity index (χ0n) is 13.4. The van der Waals surface area contributed by atoms with Crippen LogP contribution in [0.4, 0.5) is 21.5 Å². The number of ether oxygens (including phenoxy) is 1. The van der Waals surface area contributed by atoms with Crippen molar-refractivity contribution in [1.29, 1.82) is 0 Å². The minimum Gasteiger partial charge on any atom is -0.494 e. The van der Waals surface area contributed by atoms with Crippen LogP contribution < -0.4 is 15.4 Å². The summed E-state index contributed by atoms with van der Waals surface area (Å²) >= 11 is 5.70. The van der Waals surface area contributed by atoms with Gasteiger partial charge < -0.3 is 15.4 Å². The molecule has 0 bridgehead atoms. The lowest BCUT2D eigenvalue weighted by atomic mass is 10.2. The highest BCUT2D eigenvalue weighted by molar-refractivity contribution is 6.31. The molecule has 0 fully saturated rings. The van der Waals surface area contributed by atoms with Gasteiger partial charge in [-0.05, 0) is 31.2 Å². The van der Waals surface area contributed by atoms with Gasteiger partial charge in [-0.3, -0.25) is 14.9 Å². The monoisotopic (exact) mass is 367 g/mol. The molecule has 2 aromatic carbocycles. The lowest BCUT2D eigenvalue weighted by molar-refractivity contribution is -0.384. The van der Waals surface area contributed by atoms with Crippen LogP contribution in [0.2, 0.25) is 5.02 Å². The van der Waals surface area contributed by atoms with Crippen molar-refractivity contribution in [2.24, 2.45) is 0 Å². The summed E-state index contributed by atoms with van der Waals surface area (Å²) in [5.74, 6) is -0.799. The second-order valence-corrected chi connectivity index (χ2v) is 5.53. The summed E-state index contributed by atoms with van der Waals surface area (Å²) in [7, 11) is 1.34. The number of nitrogens with one attached hydrogen (secondary N) is 2. The van der Waals surface area contributed by atoms with Crippen molar-refractivity contribution < 1.29 is 18.8 Å². The number of nitro groups is 1. The van der Waals surface area contributed by atoms with Gasteiger partial charge in [-0.15, -0.1) is 0 Å².